The van der Waals surface area contributed by atoms with E-state index in [4.69, 9.17) is 0 Å². The van der Waals surface area contributed by atoms with Gasteiger partial charge < -0.3 is 5.32 Å². The highest BCUT2D eigenvalue weighted by Crippen LogP contribution is 2.32. The molecule has 0 radical (unpaired) electrons. The Labute approximate surface area is 224 Å². The van der Waals surface area contributed by atoms with Gasteiger partial charge in [0.25, 0.3) is 10.0 Å². The van der Waals surface area contributed by atoms with Gasteiger partial charge in [0.1, 0.15) is 0 Å². The highest BCUT2D eigenvalue weighted by molar-refractivity contribution is 8.00. The van der Waals surface area contributed by atoms with Gasteiger partial charge in [-0.05, 0) is 49.4 Å². The lowest BCUT2D eigenvalue weighted by molar-refractivity contribution is -0.113. The van der Waals surface area contributed by atoms with Gasteiger partial charge in [0.2, 0.25) is 5.91 Å². The number of carbonyl (C=O) groups is 3. The number of sulfonamides is 1. The zero-order valence-electron chi connectivity index (χ0n) is 20.2. The van der Waals surface area contributed by atoms with Gasteiger partial charge in [-0.25, -0.2) is 8.42 Å². The summed E-state index contributed by atoms with van der Waals surface area (Å²) in [6.07, 6.45) is 0. The number of carbonyl (C=O) groups excluding carboxylic acids is 3. The summed E-state index contributed by atoms with van der Waals surface area (Å²) < 4.78 is 27.7. The van der Waals surface area contributed by atoms with Crippen LogP contribution in [0.2, 0.25) is 0 Å². The van der Waals surface area contributed by atoms with Gasteiger partial charge in [-0.2, -0.15) is 0 Å². The minimum absolute atomic E-state index is 0.0524. The Bertz CT molecular complexity index is 1680. The first-order valence-electron chi connectivity index (χ1n) is 11.7. The molecule has 5 rings (SSSR count). The molecule has 1 aliphatic rings. The molecule has 0 heterocycles. The summed E-state index contributed by atoms with van der Waals surface area (Å²) in [6, 6.07) is 24.7. The number of fused-ring (bicyclic) bond motifs is 2. The maximum absolute atomic E-state index is 13.1. The number of hydrogen-bond donors (Lipinski definition) is 2. The molecule has 7 nitrogen and oxygen atoms in total. The normalized spacial score (nSPS) is 12.4. The molecule has 0 unspecified atom stereocenters. The molecule has 1 amide bonds. The number of amides is 1. The number of anilines is 2. The fourth-order valence-electron chi connectivity index (χ4n) is 4.14. The Morgan fingerprint density at radius 3 is 2.08 bits per heavy atom. The highest BCUT2D eigenvalue weighted by atomic mass is 32.2. The van der Waals surface area contributed by atoms with Gasteiger partial charge in [-0.3, -0.25) is 19.1 Å². The molecule has 2 N–H and O–H groups in total. The zero-order valence-corrected chi connectivity index (χ0v) is 21.9. The molecule has 0 bridgehead atoms. The van der Waals surface area contributed by atoms with Crippen molar-refractivity contribution >= 4 is 50.6 Å². The summed E-state index contributed by atoms with van der Waals surface area (Å²) in [7, 11) is -3.71. The molecular formula is C29H22N2O5S2. The van der Waals surface area contributed by atoms with Gasteiger partial charge >= 0.3 is 0 Å². The Kier molecular flexibility index (Phi) is 6.88. The number of nitrogens with one attached hydrogen (secondary N) is 2. The molecule has 0 fully saturated rings. The number of thioether (sulfide) groups is 1. The number of aryl methyl sites for hydroxylation is 1. The SMILES string of the molecule is Cc1ccc(S(=O)(=O)Nc2ccc(SCC(=O)Nc3cccc4c3C(=O)c3ccccc3C4=O)cc2)cc1. The lowest BCUT2D eigenvalue weighted by atomic mass is 9.83. The number of benzene rings is 4. The van der Waals surface area contributed by atoms with Crippen LogP contribution < -0.4 is 10.0 Å². The zero-order chi connectivity index (χ0) is 26.9. The molecule has 0 atom stereocenters. The average molecular weight is 543 g/mol. The predicted octanol–water partition coefficient (Wildman–Crippen LogP) is 5.30. The smallest absolute Gasteiger partial charge is 0.261 e. The van der Waals surface area contributed by atoms with E-state index < -0.39 is 10.0 Å². The van der Waals surface area contributed by atoms with Crippen LogP contribution in [0.25, 0.3) is 0 Å². The summed E-state index contributed by atoms with van der Waals surface area (Å²) >= 11 is 1.26. The molecule has 4 aromatic carbocycles. The molecule has 0 saturated heterocycles. The van der Waals surface area contributed by atoms with Crippen molar-refractivity contribution in [2.45, 2.75) is 16.7 Å². The van der Waals surface area contributed by atoms with Crippen LogP contribution in [0, 0.1) is 6.92 Å². The molecular weight excluding hydrogens is 520 g/mol. The Morgan fingerprint density at radius 2 is 1.39 bits per heavy atom. The first-order chi connectivity index (χ1) is 18.2. The highest BCUT2D eigenvalue weighted by Gasteiger charge is 2.31. The summed E-state index contributed by atoms with van der Waals surface area (Å²) in [5.74, 6) is -0.843. The van der Waals surface area contributed by atoms with Crippen LogP contribution in [0.15, 0.2) is 101 Å². The van der Waals surface area contributed by atoms with E-state index in [0.29, 0.717) is 22.5 Å². The first kappa shape index (κ1) is 25.4. The Hall–Kier alpha value is -4.21. The molecule has 9 heteroatoms. The molecule has 38 heavy (non-hydrogen) atoms. The van der Waals surface area contributed by atoms with E-state index in [0.717, 1.165) is 10.5 Å². The average Bonchev–Trinajstić information content (AvgIpc) is 2.91. The monoisotopic (exact) mass is 542 g/mol. The molecule has 0 aromatic heterocycles. The number of ketones is 2. The fraction of sp³-hybridized carbons (Fsp3) is 0.0690. The summed E-state index contributed by atoms with van der Waals surface area (Å²) in [5.41, 5.74) is 2.79. The Morgan fingerprint density at radius 1 is 0.763 bits per heavy atom. The minimum Gasteiger partial charge on any atom is -0.325 e. The van der Waals surface area contributed by atoms with E-state index in [9.17, 15) is 22.8 Å². The number of hydrogen-bond acceptors (Lipinski definition) is 6. The third kappa shape index (κ3) is 5.11. The van der Waals surface area contributed by atoms with Gasteiger partial charge in [-0.1, -0.05) is 54.1 Å². The summed E-state index contributed by atoms with van der Waals surface area (Å²) in [4.78, 5) is 39.7. The predicted molar refractivity (Wildman–Crippen MR) is 148 cm³/mol. The van der Waals surface area contributed by atoms with Gasteiger partial charge in [-0.15, -0.1) is 11.8 Å². The van der Waals surface area contributed by atoms with Crippen LogP contribution in [-0.4, -0.2) is 31.6 Å². The lowest BCUT2D eigenvalue weighted by Crippen LogP contribution is -2.24. The van der Waals surface area contributed by atoms with E-state index in [-0.39, 0.29) is 39.2 Å². The largest absolute Gasteiger partial charge is 0.325 e. The molecule has 0 spiro atoms. The van der Waals surface area contributed by atoms with Gasteiger partial charge in [0, 0.05) is 27.3 Å². The van der Waals surface area contributed by atoms with Crippen molar-refractivity contribution < 1.29 is 22.8 Å². The lowest BCUT2D eigenvalue weighted by Gasteiger charge is -2.20. The fourth-order valence-corrected chi connectivity index (χ4v) is 5.89. The standard InChI is InChI=1S/C29H22N2O5S2/c1-18-9-15-21(16-10-18)38(35,36)31-19-11-13-20(14-12-19)37-17-26(32)30-25-8-4-7-24-27(25)29(34)23-6-3-2-5-22(23)28(24)33/h2-16,31H,17H2,1H3,(H,30,32). The second-order valence-corrected chi connectivity index (χ2v) is 11.4. The molecule has 0 aliphatic heterocycles. The molecule has 0 saturated carbocycles. The van der Waals surface area contributed by atoms with Crippen LogP contribution in [0.1, 0.15) is 37.4 Å². The third-order valence-corrected chi connectivity index (χ3v) is 8.44. The van der Waals surface area contributed by atoms with Crippen LogP contribution in [0.3, 0.4) is 0 Å². The second-order valence-electron chi connectivity index (χ2n) is 8.71. The topological polar surface area (TPSA) is 109 Å². The maximum Gasteiger partial charge on any atom is 0.261 e. The van der Waals surface area contributed by atoms with E-state index >= 15 is 0 Å². The van der Waals surface area contributed by atoms with Crippen molar-refractivity contribution in [3.8, 4) is 0 Å². The molecule has 4 aromatic rings. The Balaban J connectivity index is 1.23. The van der Waals surface area contributed by atoms with E-state index in [1.807, 2.05) is 6.92 Å². The second kappa shape index (κ2) is 10.3. The van der Waals surface area contributed by atoms with Crippen molar-refractivity contribution in [1.29, 1.82) is 0 Å². The van der Waals surface area contributed by atoms with Gasteiger partial charge in [0.15, 0.2) is 11.6 Å². The van der Waals surface area contributed by atoms with E-state index in [1.54, 1.807) is 91.0 Å². The number of rotatable bonds is 7. The van der Waals surface area contributed by atoms with Crippen molar-refractivity contribution in [2.24, 2.45) is 0 Å². The van der Waals surface area contributed by atoms with Crippen LogP contribution in [-0.2, 0) is 14.8 Å². The summed E-state index contributed by atoms with van der Waals surface area (Å²) in [5, 5.41) is 2.76. The van der Waals surface area contributed by atoms with Crippen LogP contribution in [0.4, 0.5) is 11.4 Å². The van der Waals surface area contributed by atoms with Crippen molar-refractivity contribution in [3.05, 3.63) is 119 Å². The van der Waals surface area contributed by atoms with Crippen LogP contribution in [0.5, 0.6) is 0 Å². The molecule has 1 aliphatic carbocycles. The first-order valence-corrected chi connectivity index (χ1v) is 14.1. The van der Waals surface area contributed by atoms with Gasteiger partial charge in [0.05, 0.1) is 21.9 Å². The summed E-state index contributed by atoms with van der Waals surface area (Å²) in [6.45, 7) is 1.88. The third-order valence-electron chi connectivity index (χ3n) is 6.03. The van der Waals surface area contributed by atoms with Crippen LogP contribution >= 0.6 is 11.8 Å². The van der Waals surface area contributed by atoms with E-state index in [2.05, 4.69) is 10.0 Å². The maximum atomic E-state index is 13.1. The van der Waals surface area contributed by atoms with Crippen molar-refractivity contribution in [3.63, 3.8) is 0 Å². The molecule has 190 valence electrons. The quantitative estimate of drug-likeness (QED) is 0.270. The van der Waals surface area contributed by atoms with Crippen molar-refractivity contribution in [1.82, 2.24) is 0 Å². The minimum atomic E-state index is -3.71. The van der Waals surface area contributed by atoms with Crippen molar-refractivity contribution in [2.75, 3.05) is 15.8 Å². The van der Waals surface area contributed by atoms with E-state index in [1.165, 1.54) is 11.8 Å².